The Hall–Kier alpha value is -1.88. The molecule has 20 heavy (non-hydrogen) atoms. The van der Waals surface area contributed by atoms with Crippen LogP contribution in [-0.2, 0) is 4.74 Å². The summed E-state index contributed by atoms with van der Waals surface area (Å²) in [5, 5.41) is 9.01. The van der Waals surface area contributed by atoms with E-state index >= 15 is 0 Å². The molecular weight excluding hydrogens is 258 g/mol. The van der Waals surface area contributed by atoms with Gasteiger partial charge in [0.05, 0.1) is 24.3 Å². The Bertz CT molecular complexity index is 542. The van der Waals surface area contributed by atoms with Crippen LogP contribution in [0.3, 0.4) is 0 Å². The minimum absolute atomic E-state index is 0.0895. The highest BCUT2D eigenvalue weighted by Crippen LogP contribution is 2.30. The molecule has 5 nitrogen and oxygen atoms in total. The van der Waals surface area contributed by atoms with E-state index in [2.05, 4.69) is 0 Å². The maximum Gasteiger partial charge on any atom is 0.335 e. The summed E-state index contributed by atoms with van der Waals surface area (Å²) in [5.74, 6) is -1.10. The average Bonchev–Trinajstić information content (AvgIpc) is 2.95. The Labute approximate surface area is 117 Å². The van der Waals surface area contributed by atoms with Crippen LogP contribution in [0.15, 0.2) is 24.3 Å². The van der Waals surface area contributed by atoms with Gasteiger partial charge in [0.25, 0.3) is 5.91 Å². The first-order chi connectivity index (χ1) is 9.66. The fraction of sp³-hybridized carbons (Fsp3) is 0.467. The Morgan fingerprint density at radius 1 is 1.25 bits per heavy atom. The lowest BCUT2D eigenvalue weighted by Crippen LogP contribution is -2.51. The smallest absolute Gasteiger partial charge is 0.335 e. The lowest BCUT2D eigenvalue weighted by atomic mass is 10.1. The molecule has 2 atom stereocenters. The van der Waals surface area contributed by atoms with Gasteiger partial charge < -0.3 is 14.7 Å². The van der Waals surface area contributed by atoms with Crippen LogP contribution in [0, 0.1) is 0 Å². The first-order valence-corrected chi connectivity index (χ1v) is 6.93. The highest BCUT2D eigenvalue weighted by atomic mass is 16.5. The molecule has 3 rings (SSSR count). The first kappa shape index (κ1) is 13.1. The van der Waals surface area contributed by atoms with E-state index < -0.39 is 5.97 Å². The number of morpholine rings is 1. The SMILES string of the molecule is O=C(O)c1cccc(C(=O)N2CCO[C@@H]3CCC[C@@H]32)c1. The zero-order chi connectivity index (χ0) is 14.1. The van der Waals surface area contributed by atoms with Gasteiger partial charge in [-0.05, 0) is 37.5 Å². The van der Waals surface area contributed by atoms with Crippen molar-refractivity contribution in [1.29, 1.82) is 0 Å². The molecule has 0 radical (unpaired) electrons. The molecule has 1 saturated heterocycles. The van der Waals surface area contributed by atoms with Crippen LogP contribution in [0.1, 0.15) is 40.0 Å². The summed E-state index contributed by atoms with van der Waals surface area (Å²) in [6, 6.07) is 6.38. The molecule has 1 N–H and O–H groups in total. The summed E-state index contributed by atoms with van der Waals surface area (Å²) in [6.45, 7) is 1.14. The second-order valence-electron chi connectivity index (χ2n) is 5.29. The van der Waals surface area contributed by atoms with Gasteiger partial charge >= 0.3 is 5.97 Å². The van der Waals surface area contributed by atoms with Crippen molar-refractivity contribution in [3.8, 4) is 0 Å². The molecule has 0 spiro atoms. The van der Waals surface area contributed by atoms with Crippen LogP contribution in [0.25, 0.3) is 0 Å². The number of rotatable bonds is 2. The normalized spacial score (nSPS) is 25.3. The minimum Gasteiger partial charge on any atom is -0.478 e. The van der Waals surface area contributed by atoms with Crippen LogP contribution in [0.4, 0.5) is 0 Å². The fourth-order valence-electron chi connectivity index (χ4n) is 3.13. The Kier molecular flexibility index (Phi) is 3.44. The van der Waals surface area contributed by atoms with Gasteiger partial charge in [0, 0.05) is 12.1 Å². The topological polar surface area (TPSA) is 66.8 Å². The molecule has 1 aromatic carbocycles. The van der Waals surface area contributed by atoms with Gasteiger partial charge in [-0.1, -0.05) is 6.07 Å². The molecule has 1 saturated carbocycles. The Morgan fingerprint density at radius 3 is 2.85 bits per heavy atom. The predicted molar refractivity (Wildman–Crippen MR) is 71.8 cm³/mol. The molecule has 106 valence electrons. The molecule has 2 fully saturated rings. The lowest BCUT2D eigenvalue weighted by molar-refractivity contribution is -0.0445. The number of aromatic carboxylic acids is 1. The number of carboxylic acids is 1. The Balaban J connectivity index is 1.84. The maximum absolute atomic E-state index is 12.6. The molecule has 1 aliphatic carbocycles. The van der Waals surface area contributed by atoms with E-state index in [0.717, 1.165) is 19.3 Å². The number of nitrogens with zero attached hydrogens (tertiary/aromatic N) is 1. The van der Waals surface area contributed by atoms with Crippen molar-refractivity contribution in [2.24, 2.45) is 0 Å². The van der Waals surface area contributed by atoms with Crippen molar-refractivity contribution in [2.45, 2.75) is 31.4 Å². The summed E-state index contributed by atoms with van der Waals surface area (Å²) >= 11 is 0. The Morgan fingerprint density at radius 2 is 2.05 bits per heavy atom. The van der Waals surface area contributed by atoms with Crippen molar-refractivity contribution >= 4 is 11.9 Å². The minimum atomic E-state index is -1.01. The van der Waals surface area contributed by atoms with Crippen molar-refractivity contribution in [2.75, 3.05) is 13.2 Å². The van der Waals surface area contributed by atoms with E-state index in [-0.39, 0.29) is 23.6 Å². The average molecular weight is 275 g/mol. The molecule has 0 aromatic heterocycles. The fourth-order valence-corrected chi connectivity index (χ4v) is 3.13. The van der Waals surface area contributed by atoms with Crippen LogP contribution >= 0.6 is 0 Å². The van der Waals surface area contributed by atoms with Gasteiger partial charge in [0.15, 0.2) is 0 Å². The maximum atomic E-state index is 12.6. The van der Waals surface area contributed by atoms with Crippen LogP contribution in [0.5, 0.6) is 0 Å². The van der Waals surface area contributed by atoms with E-state index in [1.807, 2.05) is 4.90 Å². The molecule has 0 unspecified atom stereocenters. The second-order valence-corrected chi connectivity index (χ2v) is 5.29. The van der Waals surface area contributed by atoms with E-state index in [1.54, 1.807) is 12.1 Å². The van der Waals surface area contributed by atoms with Gasteiger partial charge in [-0.25, -0.2) is 4.79 Å². The van der Waals surface area contributed by atoms with Gasteiger partial charge in [-0.2, -0.15) is 0 Å². The quantitative estimate of drug-likeness (QED) is 0.893. The molecule has 5 heteroatoms. The molecule has 0 bridgehead atoms. The van der Waals surface area contributed by atoms with E-state index in [9.17, 15) is 9.59 Å². The standard InChI is InChI=1S/C15H17NO4/c17-14(10-3-1-4-11(9-10)15(18)19)16-7-8-20-13-6-2-5-12(13)16/h1,3-4,9,12-13H,2,5-8H2,(H,18,19)/t12-,13+/m0/s1. The number of amides is 1. The molecular formula is C15H17NO4. The van der Waals surface area contributed by atoms with Gasteiger partial charge in [0.1, 0.15) is 0 Å². The summed E-state index contributed by atoms with van der Waals surface area (Å²) in [6.07, 6.45) is 3.20. The molecule has 1 amide bonds. The number of hydrogen-bond acceptors (Lipinski definition) is 3. The summed E-state index contributed by atoms with van der Waals surface area (Å²) in [5.41, 5.74) is 0.588. The third-order valence-electron chi connectivity index (χ3n) is 4.10. The van der Waals surface area contributed by atoms with Crippen molar-refractivity contribution in [1.82, 2.24) is 4.90 Å². The van der Waals surface area contributed by atoms with Crippen LogP contribution in [-0.4, -0.2) is 47.2 Å². The lowest BCUT2D eigenvalue weighted by Gasteiger charge is -2.37. The third kappa shape index (κ3) is 2.29. The van der Waals surface area contributed by atoms with E-state index in [4.69, 9.17) is 9.84 Å². The number of fused-ring (bicyclic) bond motifs is 1. The number of ether oxygens (including phenoxy) is 1. The predicted octanol–water partition coefficient (Wildman–Crippen LogP) is 1.78. The van der Waals surface area contributed by atoms with Gasteiger partial charge in [-0.15, -0.1) is 0 Å². The summed E-state index contributed by atoms with van der Waals surface area (Å²) < 4.78 is 5.69. The number of carboxylic acid groups (broad SMARTS) is 1. The summed E-state index contributed by atoms with van der Waals surface area (Å²) in [4.78, 5) is 25.4. The van der Waals surface area contributed by atoms with Crippen LogP contribution in [0.2, 0.25) is 0 Å². The number of benzene rings is 1. The highest BCUT2D eigenvalue weighted by Gasteiger charge is 2.38. The molecule has 1 aromatic rings. The third-order valence-corrected chi connectivity index (χ3v) is 4.10. The van der Waals surface area contributed by atoms with Crippen molar-refractivity contribution in [3.05, 3.63) is 35.4 Å². The van der Waals surface area contributed by atoms with Crippen molar-refractivity contribution in [3.63, 3.8) is 0 Å². The largest absolute Gasteiger partial charge is 0.478 e. The van der Waals surface area contributed by atoms with Crippen molar-refractivity contribution < 1.29 is 19.4 Å². The van der Waals surface area contributed by atoms with Gasteiger partial charge in [0.2, 0.25) is 0 Å². The second kappa shape index (κ2) is 5.25. The van der Waals surface area contributed by atoms with E-state index in [0.29, 0.717) is 18.7 Å². The zero-order valence-electron chi connectivity index (χ0n) is 11.1. The van der Waals surface area contributed by atoms with Gasteiger partial charge in [-0.3, -0.25) is 4.79 Å². The van der Waals surface area contributed by atoms with E-state index in [1.165, 1.54) is 12.1 Å². The van der Waals surface area contributed by atoms with Crippen LogP contribution < -0.4 is 0 Å². The monoisotopic (exact) mass is 275 g/mol. The molecule has 1 heterocycles. The number of carbonyl (C=O) groups excluding carboxylic acids is 1. The summed E-state index contributed by atoms with van der Waals surface area (Å²) in [7, 11) is 0. The molecule has 2 aliphatic rings. The number of carbonyl (C=O) groups is 2. The highest BCUT2D eigenvalue weighted by molar-refractivity contribution is 5.97. The molecule has 1 aliphatic heterocycles. The zero-order valence-corrected chi connectivity index (χ0v) is 11.1. The number of hydrogen-bond donors (Lipinski definition) is 1. The first-order valence-electron chi connectivity index (χ1n) is 6.93.